The van der Waals surface area contributed by atoms with Gasteiger partial charge in [-0.05, 0) is 6.92 Å². The molecule has 1 rings (SSSR count). The third kappa shape index (κ3) is 1.50. The summed E-state index contributed by atoms with van der Waals surface area (Å²) in [4.78, 5) is 5.23. The molecule has 0 atom stereocenters. The van der Waals surface area contributed by atoms with Crippen LogP contribution in [0.25, 0.3) is 0 Å². The van der Waals surface area contributed by atoms with Gasteiger partial charge < -0.3 is 5.11 Å². The highest BCUT2D eigenvalue weighted by Crippen LogP contribution is 2.11. The molecule has 1 aromatic rings. The lowest BCUT2D eigenvalue weighted by atomic mass is 10.3. The molecule has 0 aromatic carbocycles. The van der Waals surface area contributed by atoms with Gasteiger partial charge in [0, 0.05) is 17.9 Å². The average molecular weight is 146 g/mol. The van der Waals surface area contributed by atoms with E-state index in [0.717, 1.165) is 12.1 Å². The van der Waals surface area contributed by atoms with E-state index in [1.54, 1.807) is 16.8 Å². The maximum Gasteiger partial charge on any atom is 0.0797 e. The lowest BCUT2D eigenvalue weighted by Crippen LogP contribution is -1.88. The van der Waals surface area contributed by atoms with Crippen LogP contribution in [0, 0.1) is 6.92 Å². The largest absolute Gasteiger partial charge is 0.396 e. The summed E-state index contributed by atoms with van der Waals surface area (Å²) in [6, 6.07) is 0. The van der Waals surface area contributed by atoms with E-state index >= 15 is 0 Å². The van der Waals surface area contributed by atoms with Crippen molar-refractivity contribution in [2.24, 2.45) is 0 Å². The normalized spacial score (nSPS) is 10.0. The van der Waals surface area contributed by atoms with Crippen molar-refractivity contribution >= 4 is 11.3 Å². The Labute approximate surface area is 58.2 Å². The highest BCUT2D eigenvalue weighted by molar-refractivity contribution is 7.09. The molecule has 9 heavy (non-hydrogen) atoms. The minimum atomic E-state index is 0.225. The second kappa shape index (κ2) is 2.94. The summed E-state index contributed by atoms with van der Waals surface area (Å²) in [6.45, 7) is 2.19. The molecule has 0 aliphatic rings. The zero-order chi connectivity index (χ0) is 6.69. The Bertz CT molecular complexity index is 185. The fourth-order valence-electron chi connectivity index (χ4n) is 0.668. The predicted octanol–water partition coefficient (Wildman–Crippen LogP) is 0.986. The van der Waals surface area contributed by atoms with E-state index in [2.05, 4.69) is 4.98 Å². The molecular weight excluding hydrogens is 137 g/mol. The predicted molar refractivity (Wildman–Crippen MR) is 37.6 cm³/mol. The molecule has 0 radical (unpaired) electrons. The minimum Gasteiger partial charge on any atom is -0.396 e. The Morgan fingerprint density at radius 3 is 3.00 bits per heavy atom. The van der Waals surface area contributed by atoms with E-state index in [9.17, 15) is 0 Å². The molecule has 0 saturated heterocycles. The van der Waals surface area contributed by atoms with Crippen molar-refractivity contribution in [2.45, 2.75) is 13.3 Å². The van der Waals surface area contributed by atoms with E-state index in [0.29, 0.717) is 0 Å². The minimum absolute atomic E-state index is 0.225. The Kier molecular flexibility index (Phi) is 2.19. The summed E-state index contributed by atoms with van der Waals surface area (Å²) in [5.41, 5.74) is 2.86. The number of hydrogen-bond acceptors (Lipinski definition) is 3. The van der Waals surface area contributed by atoms with Crippen LogP contribution in [0.2, 0.25) is 0 Å². The van der Waals surface area contributed by atoms with E-state index in [-0.39, 0.29) is 6.61 Å². The Morgan fingerprint density at radius 2 is 2.56 bits per heavy atom. The number of rotatable bonds is 2. The molecule has 0 aliphatic carbocycles. The van der Waals surface area contributed by atoms with Gasteiger partial charge in [-0.2, -0.15) is 0 Å². The van der Waals surface area contributed by atoms with Crippen LogP contribution in [-0.4, -0.2) is 16.7 Å². The van der Waals surface area contributed by atoms with Gasteiger partial charge in [-0.1, -0.05) is 0 Å². The molecule has 1 heterocycles. The summed E-state index contributed by atoms with van der Waals surface area (Å²) in [6.07, 6.45) is 0.747. The maximum absolute atomic E-state index is 8.54. The molecule has 0 spiro atoms. The zero-order valence-electron chi connectivity index (χ0n) is 5.29. The third-order valence-corrected chi connectivity index (χ3v) is 2.18. The monoisotopic (exact) mass is 146 g/mol. The Morgan fingerprint density at radius 1 is 1.78 bits per heavy atom. The van der Waals surface area contributed by atoms with Gasteiger partial charge in [0.05, 0.1) is 11.2 Å². The second-order valence-electron chi connectivity index (χ2n) is 1.83. The van der Waals surface area contributed by atoms with Gasteiger partial charge in [-0.15, -0.1) is 11.3 Å². The van der Waals surface area contributed by atoms with Crippen molar-refractivity contribution in [3.8, 4) is 0 Å². The van der Waals surface area contributed by atoms with Crippen LogP contribution in [-0.2, 0) is 6.42 Å². The van der Waals surface area contributed by atoms with E-state index in [4.69, 9.17) is 5.11 Å². The standard InChI is InChI=1S/C6H9NOS/c1-5-6(2-3-8)9-4-7-5/h4,8H,2-3H2,1H3/i9+3. The third-order valence-electron chi connectivity index (χ3n) is 1.18. The van der Waals surface area contributed by atoms with Gasteiger partial charge in [0.2, 0.25) is 0 Å². The molecule has 0 unspecified atom stereocenters. The van der Waals surface area contributed by atoms with E-state index in [1.165, 1.54) is 4.88 Å². The quantitative estimate of drug-likeness (QED) is 0.674. The van der Waals surface area contributed by atoms with Crippen LogP contribution < -0.4 is 0 Å². The Hall–Kier alpha value is -0.410. The van der Waals surface area contributed by atoms with Gasteiger partial charge in [0.15, 0.2) is 0 Å². The number of aliphatic hydroxyl groups excluding tert-OH is 1. The molecule has 0 saturated carbocycles. The van der Waals surface area contributed by atoms with Crippen molar-refractivity contribution in [1.29, 1.82) is 0 Å². The lowest BCUT2D eigenvalue weighted by Gasteiger charge is -1.90. The summed E-state index contributed by atoms with van der Waals surface area (Å²) in [7, 11) is 0. The van der Waals surface area contributed by atoms with Crippen LogP contribution in [0.15, 0.2) is 5.51 Å². The van der Waals surface area contributed by atoms with E-state index < -0.39 is 0 Å². The first-order chi connectivity index (χ1) is 4.34. The molecule has 0 amide bonds. The van der Waals surface area contributed by atoms with Crippen molar-refractivity contribution in [3.05, 3.63) is 16.1 Å². The first-order valence-corrected chi connectivity index (χ1v) is 3.72. The van der Waals surface area contributed by atoms with Crippen LogP contribution in [0.5, 0.6) is 0 Å². The van der Waals surface area contributed by atoms with Crippen molar-refractivity contribution in [1.82, 2.24) is 4.98 Å². The molecule has 1 aromatic heterocycles. The molecule has 0 fully saturated rings. The molecular formula is C6H9NOS. The molecule has 2 nitrogen and oxygen atoms in total. The summed E-state index contributed by atoms with van der Waals surface area (Å²) in [5.74, 6) is 0. The number of aliphatic hydroxyl groups is 1. The molecule has 1 N–H and O–H groups in total. The van der Waals surface area contributed by atoms with E-state index in [1.807, 2.05) is 6.92 Å². The summed E-state index contributed by atoms with van der Waals surface area (Å²) >= 11 is 1.60. The van der Waals surface area contributed by atoms with Gasteiger partial charge >= 0.3 is 0 Å². The number of hydrogen-bond donors (Lipinski definition) is 1. The Balaban J connectivity index is 2.69. The van der Waals surface area contributed by atoms with Crippen LogP contribution in [0.3, 0.4) is 0 Å². The molecule has 0 bridgehead atoms. The SMILES string of the molecule is Cc1nc[35s]c1CCO. The maximum atomic E-state index is 8.54. The average Bonchev–Trinajstić information content (AvgIpc) is 2.18. The second-order valence-corrected chi connectivity index (χ2v) is 2.77. The fraction of sp³-hybridized carbons (Fsp3) is 0.500. The van der Waals surface area contributed by atoms with Crippen LogP contribution in [0.1, 0.15) is 10.6 Å². The van der Waals surface area contributed by atoms with Gasteiger partial charge in [0.25, 0.3) is 0 Å². The van der Waals surface area contributed by atoms with Gasteiger partial charge in [0.1, 0.15) is 0 Å². The van der Waals surface area contributed by atoms with Crippen LogP contribution >= 0.6 is 11.3 Å². The van der Waals surface area contributed by atoms with Gasteiger partial charge in [-0.25, -0.2) is 4.98 Å². The molecule has 3 heteroatoms. The topological polar surface area (TPSA) is 33.1 Å². The van der Waals surface area contributed by atoms with Crippen molar-refractivity contribution in [2.75, 3.05) is 6.61 Å². The molecule has 50 valence electrons. The highest BCUT2D eigenvalue weighted by Gasteiger charge is 1.97. The summed E-state index contributed by atoms with van der Waals surface area (Å²) in [5, 5.41) is 8.54. The highest BCUT2D eigenvalue weighted by atomic mass is 35.0. The molecule has 0 aliphatic heterocycles. The fourth-order valence-corrected chi connectivity index (χ4v) is 1.44. The zero-order valence-corrected chi connectivity index (χ0v) is 6.11. The summed E-state index contributed by atoms with van der Waals surface area (Å²) < 4.78 is 0. The van der Waals surface area contributed by atoms with Gasteiger partial charge in [-0.3, -0.25) is 0 Å². The lowest BCUT2D eigenvalue weighted by molar-refractivity contribution is 0.300. The van der Waals surface area contributed by atoms with Crippen molar-refractivity contribution in [3.63, 3.8) is 0 Å². The first-order valence-electron chi connectivity index (χ1n) is 2.84. The number of aryl methyl sites for hydroxylation is 1. The van der Waals surface area contributed by atoms with Crippen LogP contribution in [0.4, 0.5) is 0 Å². The number of thiazole rings is 1. The number of aromatic nitrogens is 1. The smallest absolute Gasteiger partial charge is 0.0797 e. The first kappa shape index (κ1) is 6.71. The van der Waals surface area contributed by atoms with Crippen molar-refractivity contribution < 1.29 is 5.11 Å². The number of nitrogens with zero attached hydrogens (tertiary/aromatic N) is 1.